The average molecular weight is 206 g/mol. The van der Waals surface area contributed by atoms with Crippen LogP contribution in [0.2, 0.25) is 0 Å². The fourth-order valence-electron chi connectivity index (χ4n) is 0.589. The first-order valence-electron chi connectivity index (χ1n) is 3.71. The fraction of sp³-hybridized carbons (Fsp3) is 0.667. The van der Waals surface area contributed by atoms with Gasteiger partial charge in [-0.15, -0.1) is 0 Å². The Morgan fingerprint density at radius 1 is 1.58 bits per heavy atom. The van der Waals surface area contributed by atoms with Gasteiger partial charge < -0.3 is 21.7 Å². The molecule has 0 radical (unpaired) electrons. The lowest BCUT2D eigenvalue weighted by atomic mass is 10.7. The van der Waals surface area contributed by atoms with Crippen LogP contribution in [0.15, 0.2) is 0 Å². The number of hydrogen-bond acceptors (Lipinski definition) is 2. The largest absolute Gasteiger partial charge is 0.376 e. The van der Waals surface area contributed by atoms with Gasteiger partial charge in [0, 0.05) is 19.6 Å². The van der Waals surface area contributed by atoms with Crippen LogP contribution in [0, 0.1) is 0 Å². The quantitative estimate of drug-likeness (QED) is 0.426. The molecule has 12 heavy (non-hydrogen) atoms. The third kappa shape index (κ3) is 7.49. The zero-order chi connectivity index (χ0) is 9.40. The van der Waals surface area contributed by atoms with E-state index in [2.05, 4.69) is 28.2 Å². The Labute approximate surface area is 83.3 Å². The minimum atomic E-state index is 0.373. The second-order valence-electron chi connectivity index (χ2n) is 2.08. The van der Waals surface area contributed by atoms with Crippen molar-refractivity contribution in [2.45, 2.75) is 6.92 Å². The summed E-state index contributed by atoms with van der Waals surface area (Å²) in [6, 6.07) is 0. The Hall–Kier alpha value is -0.620. The van der Waals surface area contributed by atoms with Crippen LogP contribution in [0.3, 0.4) is 0 Å². The normalized spacial score (nSPS) is 13.6. The Kier molecular flexibility index (Phi) is 6.69. The van der Waals surface area contributed by atoms with Gasteiger partial charge in [0.25, 0.3) is 0 Å². The minimum absolute atomic E-state index is 0.373. The van der Waals surface area contributed by atoms with Gasteiger partial charge in [0.05, 0.1) is 0 Å². The molecular weight excluding hydrogens is 192 g/mol. The Morgan fingerprint density at radius 2 is 2.08 bits per heavy atom. The third-order valence-corrected chi connectivity index (χ3v) is 1.48. The molecular formula is C6H14N4S2. The van der Waals surface area contributed by atoms with Crippen molar-refractivity contribution in [3.05, 3.63) is 0 Å². The molecule has 6 heteroatoms. The van der Waals surface area contributed by atoms with Gasteiger partial charge in [-0.3, -0.25) is 0 Å². The third-order valence-electron chi connectivity index (χ3n) is 1.05. The smallest absolute Gasteiger partial charge is 0.166 e. The molecule has 0 aromatic heterocycles. The highest BCUT2D eigenvalue weighted by Gasteiger charge is 1.98. The summed E-state index contributed by atoms with van der Waals surface area (Å²) in [4.78, 5) is 0. The molecule has 0 saturated carbocycles. The number of nitrogens with one attached hydrogen (secondary N) is 3. The summed E-state index contributed by atoms with van der Waals surface area (Å²) >= 11 is 9.16. The predicted molar refractivity (Wildman–Crippen MR) is 59.1 cm³/mol. The van der Waals surface area contributed by atoms with E-state index in [-0.39, 0.29) is 0 Å². The highest BCUT2D eigenvalue weighted by Crippen LogP contribution is 1.71. The summed E-state index contributed by atoms with van der Waals surface area (Å²) in [7, 11) is 0. The molecule has 1 saturated heterocycles. The van der Waals surface area contributed by atoms with Gasteiger partial charge in [-0.05, 0) is 31.4 Å². The first-order valence-corrected chi connectivity index (χ1v) is 4.53. The van der Waals surface area contributed by atoms with Gasteiger partial charge in [0.15, 0.2) is 10.2 Å². The Bertz CT molecular complexity index is 152. The van der Waals surface area contributed by atoms with Gasteiger partial charge >= 0.3 is 0 Å². The van der Waals surface area contributed by atoms with Crippen molar-refractivity contribution in [2.75, 3.05) is 19.6 Å². The number of thiocarbonyl (C=S) groups is 2. The summed E-state index contributed by atoms with van der Waals surface area (Å²) in [5, 5.41) is 9.76. The Balaban J connectivity index is 0.000000202. The van der Waals surface area contributed by atoms with Gasteiger partial charge in [-0.25, -0.2) is 0 Å². The summed E-state index contributed by atoms with van der Waals surface area (Å²) < 4.78 is 0. The first-order chi connectivity index (χ1) is 5.66. The molecule has 1 heterocycles. The van der Waals surface area contributed by atoms with Crippen molar-refractivity contribution in [3.63, 3.8) is 0 Å². The SMILES string of the molecule is CCNC(N)=S.S=C1NCCN1. The number of rotatable bonds is 1. The molecule has 0 atom stereocenters. The van der Waals surface area contributed by atoms with E-state index >= 15 is 0 Å². The van der Waals surface area contributed by atoms with Crippen LogP contribution in [-0.2, 0) is 0 Å². The lowest BCUT2D eigenvalue weighted by Crippen LogP contribution is -2.28. The zero-order valence-electron chi connectivity index (χ0n) is 7.02. The molecule has 4 nitrogen and oxygen atoms in total. The zero-order valence-corrected chi connectivity index (χ0v) is 8.65. The minimum Gasteiger partial charge on any atom is -0.376 e. The highest BCUT2D eigenvalue weighted by molar-refractivity contribution is 7.80. The molecule has 0 aliphatic carbocycles. The second kappa shape index (κ2) is 7.05. The Morgan fingerprint density at radius 3 is 2.17 bits per heavy atom. The summed E-state index contributed by atoms with van der Waals surface area (Å²) in [6.45, 7) is 4.73. The van der Waals surface area contributed by atoms with Crippen molar-refractivity contribution < 1.29 is 0 Å². The molecule has 0 bridgehead atoms. The lowest BCUT2D eigenvalue weighted by molar-refractivity contribution is 0.942. The van der Waals surface area contributed by atoms with E-state index in [4.69, 9.17) is 18.0 Å². The van der Waals surface area contributed by atoms with E-state index in [1.807, 2.05) is 6.92 Å². The van der Waals surface area contributed by atoms with Crippen LogP contribution in [0.1, 0.15) is 6.92 Å². The van der Waals surface area contributed by atoms with Crippen molar-refractivity contribution in [2.24, 2.45) is 5.73 Å². The van der Waals surface area contributed by atoms with Crippen LogP contribution in [0.25, 0.3) is 0 Å². The van der Waals surface area contributed by atoms with E-state index in [1.165, 1.54) is 0 Å². The summed E-state index contributed by atoms with van der Waals surface area (Å²) in [6.07, 6.45) is 0. The first kappa shape index (κ1) is 11.4. The predicted octanol–water partition coefficient (Wildman–Crippen LogP) is -0.696. The average Bonchev–Trinajstić information content (AvgIpc) is 2.40. The molecule has 1 aliphatic rings. The van der Waals surface area contributed by atoms with Crippen molar-refractivity contribution >= 4 is 34.7 Å². The molecule has 1 aliphatic heterocycles. The van der Waals surface area contributed by atoms with Crippen molar-refractivity contribution in [1.29, 1.82) is 0 Å². The van der Waals surface area contributed by atoms with Crippen molar-refractivity contribution in [1.82, 2.24) is 16.0 Å². The molecule has 0 spiro atoms. The van der Waals surface area contributed by atoms with Gasteiger partial charge in [-0.1, -0.05) is 0 Å². The van der Waals surface area contributed by atoms with Crippen LogP contribution in [0.5, 0.6) is 0 Å². The molecule has 70 valence electrons. The van der Waals surface area contributed by atoms with E-state index in [0.717, 1.165) is 24.7 Å². The van der Waals surface area contributed by atoms with Crippen LogP contribution < -0.4 is 21.7 Å². The van der Waals surface area contributed by atoms with E-state index < -0.39 is 0 Å². The van der Waals surface area contributed by atoms with E-state index in [9.17, 15) is 0 Å². The number of hydrogen-bond donors (Lipinski definition) is 4. The van der Waals surface area contributed by atoms with Gasteiger partial charge in [0.1, 0.15) is 0 Å². The summed E-state index contributed by atoms with van der Waals surface area (Å²) in [5.41, 5.74) is 5.02. The molecule has 5 N–H and O–H groups in total. The maximum Gasteiger partial charge on any atom is 0.166 e. The van der Waals surface area contributed by atoms with Crippen molar-refractivity contribution in [3.8, 4) is 0 Å². The molecule has 0 unspecified atom stereocenters. The molecule has 0 aromatic carbocycles. The molecule has 1 fully saturated rings. The monoisotopic (exact) mass is 206 g/mol. The summed E-state index contributed by atoms with van der Waals surface area (Å²) in [5.74, 6) is 0. The molecule has 0 amide bonds. The van der Waals surface area contributed by atoms with Crippen LogP contribution in [-0.4, -0.2) is 29.9 Å². The second-order valence-corrected chi connectivity index (χ2v) is 2.93. The fourth-order valence-corrected chi connectivity index (χ4v) is 0.937. The highest BCUT2D eigenvalue weighted by atomic mass is 32.1. The maximum absolute atomic E-state index is 5.02. The molecule has 1 rings (SSSR count). The number of nitrogens with two attached hydrogens (primary N) is 1. The topological polar surface area (TPSA) is 62.1 Å². The van der Waals surface area contributed by atoms with Gasteiger partial charge in [0.2, 0.25) is 0 Å². The lowest BCUT2D eigenvalue weighted by Gasteiger charge is -1.92. The standard InChI is InChI=1S/C3H6N2S.C3H8N2S/c6-3-4-1-2-5-3;1-2-5-3(4)6/h1-2H2,(H2,4,5,6);2H2,1H3,(H3,4,5,6). The van der Waals surface area contributed by atoms with Gasteiger partial charge in [-0.2, -0.15) is 0 Å². The van der Waals surface area contributed by atoms with Crippen LogP contribution >= 0.6 is 24.4 Å². The van der Waals surface area contributed by atoms with E-state index in [0.29, 0.717) is 5.11 Å². The van der Waals surface area contributed by atoms with Crippen LogP contribution in [0.4, 0.5) is 0 Å². The molecule has 0 aromatic rings. The maximum atomic E-state index is 5.02. The van der Waals surface area contributed by atoms with E-state index in [1.54, 1.807) is 0 Å².